The van der Waals surface area contributed by atoms with E-state index in [1.54, 1.807) is 0 Å². The third-order valence-electron chi connectivity index (χ3n) is 5.20. The van der Waals surface area contributed by atoms with Gasteiger partial charge in [-0.3, -0.25) is 4.90 Å². The van der Waals surface area contributed by atoms with Crippen molar-refractivity contribution in [3.8, 4) is 0 Å². The van der Waals surface area contributed by atoms with Crippen molar-refractivity contribution in [2.24, 2.45) is 5.92 Å². The number of hydrogen-bond acceptors (Lipinski definition) is 3. The van der Waals surface area contributed by atoms with Gasteiger partial charge in [0.1, 0.15) is 0 Å². The van der Waals surface area contributed by atoms with Gasteiger partial charge in [0.15, 0.2) is 0 Å². The summed E-state index contributed by atoms with van der Waals surface area (Å²) in [5.41, 5.74) is 1.44. The van der Waals surface area contributed by atoms with E-state index in [-0.39, 0.29) is 59.2 Å². The maximum Gasteiger partial charge on any atom is 0.391 e. The van der Waals surface area contributed by atoms with Crippen LogP contribution in [-0.2, 0) is 6.54 Å². The maximum atomic E-state index is 11.9. The fourth-order valence-electron chi connectivity index (χ4n) is 3.81. The zero-order valence-corrected chi connectivity index (χ0v) is 19.3. The third kappa shape index (κ3) is 8.19. The Hall–Kier alpha value is 0.140. The summed E-state index contributed by atoms with van der Waals surface area (Å²) < 4.78 is 35.7. The number of likely N-dealkylation sites (tertiary alicyclic amines) is 1. The van der Waals surface area contributed by atoms with E-state index in [1.165, 1.54) is 25.1 Å². The first-order chi connectivity index (χ1) is 11.5. The van der Waals surface area contributed by atoms with Crippen molar-refractivity contribution in [2.75, 3.05) is 26.2 Å². The zero-order chi connectivity index (χ0) is 17.0. The van der Waals surface area contributed by atoms with Crippen molar-refractivity contribution >= 4 is 46.4 Å². The van der Waals surface area contributed by atoms with Gasteiger partial charge in [-0.2, -0.15) is 13.2 Å². The number of fused-ring (bicyclic) bond motifs is 2. The van der Waals surface area contributed by atoms with Crippen LogP contribution in [0.4, 0.5) is 13.2 Å². The molecule has 0 radical (unpaired) electrons. The van der Waals surface area contributed by atoms with Crippen molar-refractivity contribution in [1.82, 2.24) is 15.5 Å². The molecule has 0 amide bonds. The van der Waals surface area contributed by atoms with E-state index in [0.717, 1.165) is 18.6 Å². The SMILES string of the molecule is Br.Br.Cl.FC(F)(F)C1CCNCC1.c1ccc(CN2C[C@@H]3C[C@H]2CN3)cc1. The Balaban J connectivity index is 0.000000473. The smallest absolute Gasteiger partial charge is 0.317 e. The lowest BCUT2D eigenvalue weighted by Gasteiger charge is -2.27. The summed E-state index contributed by atoms with van der Waals surface area (Å²) in [6.45, 7) is 4.56. The fraction of sp³-hybridized carbons (Fsp3) is 0.667. The molecule has 2 bridgehead atoms. The second-order valence-electron chi connectivity index (χ2n) is 6.98. The van der Waals surface area contributed by atoms with E-state index in [2.05, 4.69) is 45.9 Å². The molecular formula is C18H29Br2ClF3N3. The molecule has 0 unspecified atom stereocenters. The van der Waals surface area contributed by atoms with E-state index in [1.807, 2.05) is 0 Å². The quantitative estimate of drug-likeness (QED) is 0.585. The minimum absolute atomic E-state index is 0. The first-order valence-corrected chi connectivity index (χ1v) is 8.81. The number of nitrogens with one attached hydrogen (secondary N) is 2. The molecule has 2 N–H and O–H groups in total. The van der Waals surface area contributed by atoms with Crippen LogP contribution in [-0.4, -0.2) is 49.3 Å². The molecular weight excluding hydrogens is 510 g/mol. The highest BCUT2D eigenvalue weighted by atomic mass is 79.9. The predicted octanol–water partition coefficient (Wildman–Crippen LogP) is 4.36. The van der Waals surface area contributed by atoms with E-state index in [4.69, 9.17) is 0 Å². The molecule has 9 heteroatoms. The Morgan fingerprint density at radius 2 is 1.67 bits per heavy atom. The third-order valence-corrected chi connectivity index (χ3v) is 5.20. The highest BCUT2D eigenvalue weighted by Gasteiger charge is 2.39. The second-order valence-corrected chi connectivity index (χ2v) is 6.98. The normalized spacial score (nSPS) is 24.7. The lowest BCUT2D eigenvalue weighted by molar-refractivity contribution is -0.180. The Bertz CT molecular complexity index is 516. The van der Waals surface area contributed by atoms with Gasteiger partial charge >= 0.3 is 6.18 Å². The van der Waals surface area contributed by atoms with Gasteiger partial charge in [-0.1, -0.05) is 30.3 Å². The Labute approximate surface area is 186 Å². The Morgan fingerprint density at radius 3 is 2.11 bits per heavy atom. The molecule has 1 aromatic carbocycles. The summed E-state index contributed by atoms with van der Waals surface area (Å²) >= 11 is 0. The summed E-state index contributed by atoms with van der Waals surface area (Å²) in [7, 11) is 0. The minimum atomic E-state index is -3.97. The molecule has 158 valence electrons. The molecule has 0 spiro atoms. The molecule has 0 saturated carbocycles. The summed E-state index contributed by atoms with van der Waals surface area (Å²) in [4.78, 5) is 2.61. The summed E-state index contributed by atoms with van der Waals surface area (Å²) in [5.74, 6) is -1.06. The molecule has 3 aliphatic rings. The van der Waals surface area contributed by atoms with Crippen molar-refractivity contribution in [2.45, 2.75) is 44.1 Å². The van der Waals surface area contributed by atoms with Crippen LogP contribution in [0, 0.1) is 5.92 Å². The van der Waals surface area contributed by atoms with Gasteiger partial charge < -0.3 is 10.6 Å². The topological polar surface area (TPSA) is 27.3 Å². The minimum Gasteiger partial charge on any atom is -0.317 e. The molecule has 27 heavy (non-hydrogen) atoms. The van der Waals surface area contributed by atoms with Gasteiger partial charge in [0.05, 0.1) is 5.92 Å². The summed E-state index contributed by atoms with van der Waals surface area (Å²) in [6, 6.07) is 12.3. The average Bonchev–Trinajstić information content (AvgIpc) is 3.19. The van der Waals surface area contributed by atoms with Crippen molar-refractivity contribution in [3.05, 3.63) is 35.9 Å². The van der Waals surface area contributed by atoms with E-state index in [0.29, 0.717) is 13.1 Å². The molecule has 3 aliphatic heterocycles. The first kappa shape index (κ1) is 27.1. The molecule has 4 rings (SSSR count). The molecule has 0 aromatic heterocycles. The van der Waals surface area contributed by atoms with E-state index in [9.17, 15) is 13.2 Å². The maximum absolute atomic E-state index is 11.9. The Kier molecular flexibility index (Phi) is 12.7. The molecule has 3 saturated heterocycles. The number of alkyl halides is 3. The largest absolute Gasteiger partial charge is 0.391 e. The zero-order valence-electron chi connectivity index (χ0n) is 15.1. The van der Waals surface area contributed by atoms with Crippen molar-refractivity contribution < 1.29 is 13.2 Å². The van der Waals surface area contributed by atoms with Crippen molar-refractivity contribution in [3.63, 3.8) is 0 Å². The van der Waals surface area contributed by atoms with Crippen LogP contribution in [0.15, 0.2) is 30.3 Å². The molecule has 3 fully saturated rings. The van der Waals surface area contributed by atoms with Crippen molar-refractivity contribution in [1.29, 1.82) is 0 Å². The summed E-state index contributed by atoms with van der Waals surface area (Å²) in [6.07, 6.45) is -2.14. The molecule has 3 nitrogen and oxygen atoms in total. The Morgan fingerprint density at radius 1 is 1.04 bits per heavy atom. The molecule has 2 atom stereocenters. The van der Waals surface area contributed by atoms with Crippen LogP contribution < -0.4 is 10.6 Å². The van der Waals surface area contributed by atoms with Gasteiger partial charge in [-0.05, 0) is 37.9 Å². The monoisotopic (exact) mass is 537 g/mol. The molecule has 3 heterocycles. The number of piperidine rings is 1. The molecule has 1 aromatic rings. The van der Waals surface area contributed by atoms with Crippen LogP contribution in [0.1, 0.15) is 24.8 Å². The number of halogens is 6. The number of hydrogen-bond donors (Lipinski definition) is 2. The van der Waals surface area contributed by atoms with Crippen LogP contribution >= 0.6 is 46.4 Å². The van der Waals surface area contributed by atoms with Crippen LogP contribution in [0.25, 0.3) is 0 Å². The lowest BCUT2D eigenvalue weighted by Crippen LogP contribution is -2.42. The average molecular weight is 540 g/mol. The van der Waals surface area contributed by atoms with Crippen LogP contribution in [0.2, 0.25) is 0 Å². The summed E-state index contributed by atoms with van der Waals surface area (Å²) in [5, 5.41) is 6.42. The van der Waals surface area contributed by atoms with E-state index < -0.39 is 12.1 Å². The number of benzene rings is 1. The lowest BCUT2D eigenvalue weighted by atomic mass is 9.98. The predicted molar refractivity (Wildman–Crippen MR) is 117 cm³/mol. The number of rotatable bonds is 2. The second kappa shape index (κ2) is 12.6. The fourth-order valence-corrected chi connectivity index (χ4v) is 3.81. The van der Waals surface area contributed by atoms with E-state index >= 15 is 0 Å². The molecule has 0 aliphatic carbocycles. The standard InChI is InChI=1S/C12H16N2.C6H10F3N.2BrH.ClH/c1-2-4-10(5-3-1)8-14-9-11-6-12(14)7-13-11;7-6(8,9)5-1-3-10-4-2-5;;;/h1-5,11-13H,6-9H2;5,10H,1-4H2;3*1H/t11-,12-;;;;/m0..../s1. The highest BCUT2D eigenvalue weighted by molar-refractivity contribution is 8.93. The highest BCUT2D eigenvalue weighted by Crippen LogP contribution is 2.32. The van der Waals surface area contributed by atoms with Gasteiger partial charge in [0.25, 0.3) is 0 Å². The van der Waals surface area contributed by atoms with Gasteiger partial charge in [-0.25, -0.2) is 0 Å². The number of nitrogens with zero attached hydrogens (tertiary/aromatic N) is 1. The van der Waals surface area contributed by atoms with Crippen LogP contribution in [0.5, 0.6) is 0 Å². The first-order valence-electron chi connectivity index (χ1n) is 8.81. The number of piperazine rings is 1. The van der Waals surface area contributed by atoms with Gasteiger partial charge in [-0.15, -0.1) is 46.4 Å². The van der Waals surface area contributed by atoms with Gasteiger partial charge in [0, 0.05) is 31.7 Å². The van der Waals surface area contributed by atoms with Gasteiger partial charge in [0.2, 0.25) is 0 Å². The van der Waals surface area contributed by atoms with Crippen LogP contribution in [0.3, 0.4) is 0 Å².